The third-order valence-corrected chi connectivity index (χ3v) is 1.21. The summed E-state index contributed by atoms with van der Waals surface area (Å²) in [5, 5.41) is 3.28. The highest BCUT2D eigenvalue weighted by atomic mass is 35.5. The summed E-state index contributed by atoms with van der Waals surface area (Å²) in [6.07, 6.45) is 4.22. The Hall–Kier alpha value is 0.210. The van der Waals surface area contributed by atoms with Gasteiger partial charge in [-0.05, 0) is 33.0 Å². The minimum absolute atomic E-state index is 0. The molecular weight excluding hydrogens is 136 g/mol. The maximum absolute atomic E-state index is 4.50. The fourth-order valence-corrected chi connectivity index (χ4v) is 0.802. The van der Waals surface area contributed by atoms with E-state index >= 15 is 0 Å². The summed E-state index contributed by atoms with van der Waals surface area (Å²) in [6.45, 7) is 2.50. The van der Waals surface area contributed by atoms with E-state index in [0.29, 0.717) is 0 Å². The van der Waals surface area contributed by atoms with Gasteiger partial charge in [0.05, 0.1) is 0 Å². The number of nitrogens with one attached hydrogen (secondary N) is 1. The van der Waals surface area contributed by atoms with Crippen molar-refractivity contribution in [1.82, 2.24) is 5.32 Å². The lowest BCUT2D eigenvalue weighted by Crippen LogP contribution is -2.21. The first-order valence-electron chi connectivity index (χ1n) is 3.28. The van der Waals surface area contributed by atoms with Crippen molar-refractivity contribution >= 4 is 12.4 Å². The molecule has 1 aliphatic heterocycles. The molecule has 1 aliphatic rings. The van der Waals surface area contributed by atoms with Crippen molar-refractivity contribution in [3.8, 4) is 0 Å². The van der Waals surface area contributed by atoms with Gasteiger partial charge in [0.2, 0.25) is 0 Å². The Labute approximate surface area is 63.6 Å². The van der Waals surface area contributed by atoms with Gasteiger partial charge in [-0.15, -0.1) is 12.4 Å². The van der Waals surface area contributed by atoms with Crippen LogP contribution in [0.4, 0.5) is 0 Å². The molecule has 1 rings (SSSR count). The van der Waals surface area contributed by atoms with E-state index in [0.717, 1.165) is 0 Å². The lowest BCUT2D eigenvalue weighted by molar-refractivity contribution is 0.520. The zero-order valence-corrected chi connectivity index (χ0v) is 6.84. The van der Waals surface area contributed by atoms with E-state index in [4.69, 9.17) is 0 Å². The highest BCUT2D eigenvalue weighted by molar-refractivity contribution is 5.85. The predicted molar refractivity (Wildman–Crippen MR) is 44.1 cm³/mol. The van der Waals surface area contributed by atoms with E-state index < -0.39 is 0 Å². The van der Waals surface area contributed by atoms with Gasteiger partial charge < -0.3 is 11.1 Å². The van der Waals surface area contributed by atoms with Crippen LogP contribution in [0.2, 0.25) is 0 Å². The molecule has 1 fully saturated rings. The lowest BCUT2D eigenvalue weighted by Gasteiger charge is -2.08. The van der Waals surface area contributed by atoms with Crippen molar-refractivity contribution in [1.29, 1.82) is 0 Å². The largest absolute Gasteiger partial charge is 0.333 e. The highest BCUT2D eigenvalue weighted by Crippen LogP contribution is 1.96. The van der Waals surface area contributed by atoms with Crippen LogP contribution in [0.25, 0.3) is 0 Å². The average Bonchev–Trinajstić information content (AvgIpc) is 1.96. The van der Waals surface area contributed by atoms with Gasteiger partial charge >= 0.3 is 0 Å². The molecule has 0 aromatic carbocycles. The van der Waals surface area contributed by atoms with Crippen LogP contribution in [0.5, 0.6) is 0 Å². The number of nitrogens with two attached hydrogens (primary N) is 1. The molecule has 0 radical (unpaired) electrons. The molecule has 3 heteroatoms. The molecule has 1 saturated heterocycles. The van der Waals surface area contributed by atoms with Gasteiger partial charge in [0.15, 0.2) is 0 Å². The number of hydrogen-bond acceptors (Lipinski definition) is 2. The summed E-state index contributed by atoms with van der Waals surface area (Å²) in [4.78, 5) is 0. The summed E-state index contributed by atoms with van der Waals surface area (Å²) in [7, 11) is 1.50. The van der Waals surface area contributed by atoms with E-state index in [2.05, 4.69) is 11.1 Å². The lowest BCUT2D eigenvalue weighted by atomic mass is 10.2. The third kappa shape index (κ3) is 8.21. The minimum atomic E-state index is 0. The Kier molecular flexibility index (Phi) is 14.7. The van der Waals surface area contributed by atoms with Crippen LogP contribution in [0.3, 0.4) is 0 Å². The molecule has 0 spiro atoms. The van der Waals surface area contributed by atoms with Crippen molar-refractivity contribution < 1.29 is 0 Å². The van der Waals surface area contributed by atoms with Crippen LogP contribution < -0.4 is 11.1 Å². The summed E-state index contributed by atoms with van der Waals surface area (Å²) in [6, 6.07) is 0. The van der Waals surface area contributed by atoms with Gasteiger partial charge in [-0.25, -0.2) is 0 Å². The first kappa shape index (κ1) is 11.9. The quantitative estimate of drug-likeness (QED) is 0.538. The number of halogens is 1. The molecule has 2 nitrogen and oxygen atoms in total. The molecule has 9 heavy (non-hydrogen) atoms. The van der Waals surface area contributed by atoms with Crippen LogP contribution in [-0.2, 0) is 0 Å². The molecule has 1 heterocycles. The second kappa shape index (κ2) is 11.1. The monoisotopic (exact) mass is 152 g/mol. The van der Waals surface area contributed by atoms with Gasteiger partial charge in [-0.2, -0.15) is 0 Å². The maximum Gasteiger partial charge on any atom is -0.00489 e. The molecule has 0 unspecified atom stereocenters. The predicted octanol–water partition coefficient (Wildman–Crippen LogP) is 0.757. The Morgan fingerprint density at radius 3 is 1.56 bits per heavy atom. The van der Waals surface area contributed by atoms with E-state index in [1.165, 1.54) is 39.4 Å². The van der Waals surface area contributed by atoms with Gasteiger partial charge in [-0.3, -0.25) is 0 Å². The Bertz CT molecular complexity index is 26.5. The smallest absolute Gasteiger partial charge is 0.00489 e. The van der Waals surface area contributed by atoms with Crippen LogP contribution >= 0.6 is 12.4 Å². The van der Waals surface area contributed by atoms with E-state index in [9.17, 15) is 0 Å². The molecule has 0 aromatic heterocycles. The van der Waals surface area contributed by atoms with Crippen LogP contribution in [0, 0.1) is 0 Å². The molecule has 58 valence electrons. The molecule has 0 amide bonds. The number of rotatable bonds is 0. The van der Waals surface area contributed by atoms with Crippen LogP contribution in [0.15, 0.2) is 0 Å². The average molecular weight is 153 g/mol. The summed E-state index contributed by atoms with van der Waals surface area (Å²) >= 11 is 0. The van der Waals surface area contributed by atoms with E-state index in [1.807, 2.05) is 0 Å². The fraction of sp³-hybridized carbons (Fsp3) is 1.00. The first-order valence-corrected chi connectivity index (χ1v) is 3.28. The topological polar surface area (TPSA) is 38.0 Å². The first-order chi connectivity index (χ1) is 4.00. The van der Waals surface area contributed by atoms with Crippen molar-refractivity contribution in [3.05, 3.63) is 0 Å². The SMILES string of the molecule is C1CCNCC1.CN.Cl. The van der Waals surface area contributed by atoms with Gasteiger partial charge in [0, 0.05) is 0 Å². The maximum atomic E-state index is 4.50. The van der Waals surface area contributed by atoms with Crippen LogP contribution in [0.1, 0.15) is 19.3 Å². The van der Waals surface area contributed by atoms with Gasteiger partial charge in [0.1, 0.15) is 0 Å². The summed E-state index contributed by atoms with van der Waals surface area (Å²) in [5.41, 5.74) is 4.50. The number of piperidine rings is 1. The summed E-state index contributed by atoms with van der Waals surface area (Å²) in [5.74, 6) is 0. The van der Waals surface area contributed by atoms with E-state index in [-0.39, 0.29) is 12.4 Å². The van der Waals surface area contributed by atoms with Crippen molar-refractivity contribution in [2.45, 2.75) is 19.3 Å². The molecule has 0 aromatic rings. The standard InChI is InChI=1S/C5H11N.CH5N.ClH/c1-2-4-6-5-3-1;1-2;/h6H,1-5H2;2H2,1H3;1H. The second-order valence-electron chi connectivity index (χ2n) is 1.81. The van der Waals surface area contributed by atoms with Gasteiger partial charge in [0.25, 0.3) is 0 Å². The van der Waals surface area contributed by atoms with Crippen molar-refractivity contribution in [2.24, 2.45) is 5.73 Å². The fourth-order valence-electron chi connectivity index (χ4n) is 0.802. The van der Waals surface area contributed by atoms with Gasteiger partial charge in [-0.1, -0.05) is 6.42 Å². The Morgan fingerprint density at radius 2 is 1.44 bits per heavy atom. The highest BCUT2D eigenvalue weighted by Gasteiger charge is 1.93. The summed E-state index contributed by atoms with van der Waals surface area (Å²) < 4.78 is 0. The third-order valence-electron chi connectivity index (χ3n) is 1.21. The normalized spacial score (nSPS) is 16.7. The minimum Gasteiger partial charge on any atom is -0.333 e. The Morgan fingerprint density at radius 1 is 1.00 bits per heavy atom. The zero-order valence-electron chi connectivity index (χ0n) is 6.02. The molecule has 0 bridgehead atoms. The second-order valence-corrected chi connectivity index (χ2v) is 1.81. The van der Waals surface area contributed by atoms with E-state index in [1.54, 1.807) is 0 Å². The Balaban J connectivity index is 0. The number of hydrogen-bond donors (Lipinski definition) is 2. The molecule has 0 aliphatic carbocycles. The molecule has 3 N–H and O–H groups in total. The van der Waals surface area contributed by atoms with Crippen LogP contribution in [-0.4, -0.2) is 20.1 Å². The molecule has 0 atom stereocenters. The molecule has 0 saturated carbocycles. The van der Waals surface area contributed by atoms with Crippen molar-refractivity contribution in [2.75, 3.05) is 20.1 Å². The zero-order chi connectivity index (χ0) is 6.24. The molecular formula is C6H17ClN2. The van der Waals surface area contributed by atoms with Crippen molar-refractivity contribution in [3.63, 3.8) is 0 Å².